The van der Waals surface area contributed by atoms with E-state index in [4.69, 9.17) is 17.0 Å². The lowest BCUT2D eigenvalue weighted by atomic mass is 10.4. The number of nitrogens with one attached hydrogen (secondary N) is 2. The van der Waals surface area contributed by atoms with E-state index in [0.717, 1.165) is 6.42 Å². The number of methoxy groups -OCH3 is 1. The van der Waals surface area contributed by atoms with Crippen LogP contribution in [0.25, 0.3) is 0 Å². The van der Waals surface area contributed by atoms with E-state index in [-0.39, 0.29) is 11.8 Å². The lowest BCUT2D eigenvalue weighted by Crippen LogP contribution is -2.43. The zero-order chi connectivity index (χ0) is 12.6. The summed E-state index contributed by atoms with van der Waals surface area (Å²) in [6, 6.07) is -0.183. The first-order valence-electron chi connectivity index (χ1n) is 5.06. The highest BCUT2D eigenvalue weighted by Crippen LogP contribution is 1.90. The maximum absolute atomic E-state index is 11.0. The van der Waals surface area contributed by atoms with Crippen molar-refractivity contribution < 1.29 is 13.2 Å². The first-order chi connectivity index (χ1) is 7.35. The molecule has 1 unspecified atom stereocenters. The Labute approximate surface area is 103 Å². The van der Waals surface area contributed by atoms with Gasteiger partial charge in [-0.25, -0.2) is 8.42 Å². The van der Waals surface area contributed by atoms with E-state index >= 15 is 0 Å². The molecule has 0 aliphatic heterocycles. The van der Waals surface area contributed by atoms with E-state index in [2.05, 4.69) is 10.6 Å². The van der Waals surface area contributed by atoms with Gasteiger partial charge < -0.3 is 15.4 Å². The van der Waals surface area contributed by atoms with Crippen LogP contribution in [0, 0.1) is 0 Å². The highest BCUT2D eigenvalue weighted by molar-refractivity contribution is 7.90. The Hall–Kier alpha value is -0.400. The second kappa shape index (κ2) is 7.81. The zero-order valence-electron chi connectivity index (χ0n) is 9.95. The molecule has 7 heteroatoms. The second-order valence-corrected chi connectivity index (χ2v) is 6.33. The molecule has 0 aromatic carbocycles. The van der Waals surface area contributed by atoms with E-state index in [9.17, 15) is 8.42 Å². The number of sulfone groups is 1. The molecule has 0 amide bonds. The summed E-state index contributed by atoms with van der Waals surface area (Å²) in [5, 5.41) is 6.37. The van der Waals surface area contributed by atoms with Crippen molar-refractivity contribution in [3.8, 4) is 0 Å². The largest absolute Gasteiger partial charge is 0.385 e. The van der Waals surface area contributed by atoms with Gasteiger partial charge in [-0.15, -0.1) is 0 Å². The number of thiocarbonyl (C=S) groups is 1. The molecule has 16 heavy (non-hydrogen) atoms. The van der Waals surface area contributed by atoms with Crippen molar-refractivity contribution in [2.45, 2.75) is 19.4 Å². The average molecular weight is 268 g/mol. The summed E-state index contributed by atoms with van der Waals surface area (Å²) >= 11 is 5.01. The summed E-state index contributed by atoms with van der Waals surface area (Å²) < 4.78 is 26.9. The van der Waals surface area contributed by atoms with E-state index in [1.165, 1.54) is 6.26 Å². The van der Waals surface area contributed by atoms with Gasteiger partial charge in [0.2, 0.25) is 0 Å². The van der Waals surface area contributed by atoms with Gasteiger partial charge in [-0.05, 0) is 25.6 Å². The van der Waals surface area contributed by atoms with Gasteiger partial charge >= 0.3 is 0 Å². The lowest BCUT2D eigenvalue weighted by Gasteiger charge is -2.15. The van der Waals surface area contributed by atoms with E-state index in [0.29, 0.717) is 18.3 Å². The fourth-order valence-electron chi connectivity index (χ4n) is 1.19. The van der Waals surface area contributed by atoms with Crippen molar-refractivity contribution in [3.63, 3.8) is 0 Å². The lowest BCUT2D eigenvalue weighted by molar-refractivity contribution is 0.195. The maximum Gasteiger partial charge on any atom is 0.166 e. The molecule has 96 valence electrons. The van der Waals surface area contributed by atoms with E-state index in [1.54, 1.807) is 14.0 Å². The molecule has 0 heterocycles. The van der Waals surface area contributed by atoms with Gasteiger partial charge in [0.05, 0.1) is 5.75 Å². The van der Waals surface area contributed by atoms with Crippen molar-refractivity contribution in [2.24, 2.45) is 0 Å². The third-order valence-electron chi connectivity index (χ3n) is 1.74. The normalized spacial score (nSPS) is 13.2. The van der Waals surface area contributed by atoms with Crippen LogP contribution in [-0.2, 0) is 14.6 Å². The smallest absolute Gasteiger partial charge is 0.166 e. The SMILES string of the molecule is COCCCNC(=S)NC(C)CS(C)(=O)=O. The Morgan fingerprint density at radius 1 is 1.50 bits per heavy atom. The van der Waals surface area contributed by atoms with Gasteiger partial charge in [0, 0.05) is 32.6 Å². The Bertz CT molecular complexity index is 304. The standard InChI is InChI=1S/C9H20N2O3S2/c1-8(7-16(3,12)13)11-9(15)10-5-4-6-14-2/h8H,4-7H2,1-3H3,(H2,10,11,15). The molecule has 0 saturated carbocycles. The fourth-order valence-corrected chi connectivity index (χ4v) is 2.48. The molecule has 0 rings (SSSR count). The molecule has 5 nitrogen and oxygen atoms in total. The van der Waals surface area contributed by atoms with Gasteiger partial charge in [0.1, 0.15) is 9.84 Å². The van der Waals surface area contributed by atoms with Crippen LogP contribution in [0.15, 0.2) is 0 Å². The van der Waals surface area contributed by atoms with Gasteiger partial charge in [0.15, 0.2) is 5.11 Å². The van der Waals surface area contributed by atoms with Crippen molar-refractivity contribution in [1.82, 2.24) is 10.6 Å². The Morgan fingerprint density at radius 3 is 2.62 bits per heavy atom. The van der Waals surface area contributed by atoms with Crippen LogP contribution < -0.4 is 10.6 Å². The summed E-state index contributed by atoms with van der Waals surface area (Å²) in [4.78, 5) is 0. The minimum absolute atomic E-state index is 0.0763. The predicted molar refractivity (Wildman–Crippen MR) is 69.4 cm³/mol. The number of hydrogen-bond acceptors (Lipinski definition) is 4. The highest BCUT2D eigenvalue weighted by atomic mass is 32.2. The summed E-state index contributed by atoms with van der Waals surface area (Å²) in [7, 11) is -1.32. The van der Waals surface area contributed by atoms with Crippen LogP contribution >= 0.6 is 12.2 Å². The van der Waals surface area contributed by atoms with Crippen LogP contribution in [0.4, 0.5) is 0 Å². The molecule has 0 spiro atoms. The Kier molecular flexibility index (Phi) is 7.61. The van der Waals surface area contributed by atoms with Crippen molar-refractivity contribution in [2.75, 3.05) is 32.3 Å². The number of rotatable bonds is 7. The van der Waals surface area contributed by atoms with Gasteiger partial charge in [-0.2, -0.15) is 0 Å². The fraction of sp³-hybridized carbons (Fsp3) is 0.889. The Balaban J connectivity index is 3.70. The first-order valence-corrected chi connectivity index (χ1v) is 7.53. The molecular formula is C9H20N2O3S2. The second-order valence-electron chi connectivity index (χ2n) is 3.74. The van der Waals surface area contributed by atoms with Crippen LogP contribution in [0.3, 0.4) is 0 Å². The van der Waals surface area contributed by atoms with Crippen LogP contribution in [0.5, 0.6) is 0 Å². The van der Waals surface area contributed by atoms with Gasteiger partial charge in [-0.1, -0.05) is 0 Å². The van der Waals surface area contributed by atoms with E-state index in [1.807, 2.05) is 0 Å². The number of hydrogen-bond donors (Lipinski definition) is 2. The number of ether oxygens (including phenoxy) is 1. The third-order valence-corrected chi connectivity index (χ3v) is 3.11. The minimum atomic E-state index is -2.97. The average Bonchev–Trinajstić information content (AvgIpc) is 2.09. The topological polar surface area (TPSA) is 67.4 Å². The first kappa shape index (κ1) is 15.6. The molecular weight excluding hydrogens is 248 g/mol. The molecule has 0 aliphatic rings. The van der Waals surface area contributed by atoms with Gasteiger partial charge in [0.25, 0.3) is 0 Å². The summed E-state index contributed by atoms with van der Waals surface area (Å²) in [5.41, 5.74) is 0. The molecule has 0 radical (unpaired) electrons. The molecule has 0 bridgehead atoms. The molecule has 0 aromatic heterocycles. The summed E-state index contributed by atoms with van der Waals surface area (Å²) in [6.07, 6.45) is 2.07. The molecule has 1 atom stereocenters. The minimum Gasteiger partial charge on any atom is -0.385 e. The molecule has 0 saturated heterocycles. The van der Waals surface area contributed by atoms with Crippen LogP contribution in [-0.4, -0.2) is 51.8 Å². The Morgan fingerprint density at radius 2 is 2.12 bits per heavy atom. The van der Waals surface area contributed by atoms with Crippen molar-refractivity contribution in [3.05, 3.63) is 0 Å². The van der Waals surface area contributed by atoms with Crippen LogP contribution in [0.1, 0.15) is 13.3 Å². The molecule has 0 aliphatic carbocycles. The van der Waals surface area contributed by atoms with Crippen LogP contribution in [0.2, 0.25) is 0 Å². The summed E-state index contributed by atoms with van der Waals surface area (Å²) in [5.74, 6) is 0.0763. The molecule has 0 fully saturated rings. The van der Waals surface area contributed by atoms with Crippen molar-refractivity contribution in [1.29, 1.82) is 0 Å². The molecule has 0 aromatic rings. The van der Waals surface area contributed by atoms with Gasteiger partial charge in [-0.3, -0.25) is 0 Å². The predicted octanol–water partition coefficient (Wildman–Crippen LogP) is -0.0799. The third kappa shape index (κ3) is 10.1. The quantitative estimate of drug-likeness (QED) is 0.497. The monoisotopic (exact) mass is 268 g/mol. The highest BCUT2D eigenvalue weighted by Gasteiger charge is 2.10. The maximum atomic E-state index is 11.0. The molecule has 2 N–H and O–H groups in total. The van der Waals surface area contributed by atoms with Crippen molar-refractivity contribution >= 4 is 27.2 Å². The summed E-state index contributed by atoms with van der Waals surface area (Å²) in [6.45, 7) is 3.17. The van der Waals surface area contributed by atoms with E-state index < -0.39 is 9.84 Å². The zero-order valence-corrected chi connectivity index (χ0v) is 11.6.